The van der Waals surface area contributed by atoms with Crippen LogP contribution in [0.2, 0.25) is 0 Å². The van der Waals surface area contributed by atoms with E-state index in [2.05, 4.69) is 23.8 Å². The summed E-state index contributed by atoms with van der Waals surface area (Å²) in [6.45, 7) is 7.25. The minimum absolute atomic E-state index is 0.0320. The highest BCUT2D eigenvalue weighted by atomic mass is 31.2. The Morgan fingerprint density at radius 1 is 0.640 bits per heavy atom. The Morgan fingerprint density at radius 2 is 1.05 bits per heavy atom. The number of ether oxygens (including phenoxy) is 4. The van der Waals surface area contributed by atoms with Crippen molar-refractivity contribution >= 4 is 26.8 Å². The van der Waals surface area contributed by atoms with Crippen LogP contribution in [-0.2, 0) is 54.7 Å². The van der Waals surface area contributed by atoms with Crippen LogP contribution in [0.4, 0.5) is 11.6 Å². The third-order valence-corrected chi connectivity index (χ3v) is 15.6. The SMILES string of the molecule is CCCCCCCCCCCCCCCCOCCCOP(=O)(O)CO[C@H](CO)Cn1ccc(N)nc1=O.CCCCCCCCCCCCCCCCOCCCOP1(=O)CO[C@@H](Cn2ccc(N)nc2=O)CO1. The maximum Gasteiger partial charge on any atom is 0.356 e. The van der Waals surface area contributed by atoms with Crippen molar-refractivity contribution in [3.05, 3.63) is 45.5 Å². The van der Waals surface area contributed by atoms with E-state index < -0.39 is 51.7 Å². The first-order valence-electron chi connectivity index (χ1n) is 28.9. The fourth-order valence-electron chi connectivity index (χ4n) is 8.39. The topological polar surface area (TPSA) is 261 Å². The lowest BCUT2D eigenvalue weighted by atomic mass is 10.0. The summed E-state index contributed by atoms with van der Waals surface area (Å²) in [5.74, 6) is 0.257. The Balaban J connectivity index is 0.000000514. The molecule has 0 aromatic carbocycles. The average molecular weight is 1110 g/mol. The molecule has 0 bridgehead atoms. The summed E-state index contributed by atoms with van der Waals surface area (Å²) in [6.07, 6.45) is 39.5. The molecule has 3 heterocycles. The van der Waals surface area contributed by atoms with Gasteiger partial charge in [0.1, 0.15) is 30.4 Å². The van der Waals surface area contributed by atoms with Crippen LogP contribution in [0.25, 0.3) is 0 Å². The zero-order valence-electron chi connectivity index (χ0n) is 46.4. The number of aliphatic hydroxyl groups is 1. The van der Waals surface area contributed by atoms with Crippen molar-refractivity contribution in [3.8, 4) is 0 Å². The van der Waals surface area contributed by atoms with Gasteiger partial charge in [0, 0.05) is 38.8 Å². The van der Waals surface area contributed by atoms with Gasteiger partial charge in [0.2, 0.25) is 0 Å². The maximum absolute atomic E-state index is 12.6. The van der Waals surface area contributed by atoms with Gasteiger partial charge in [-0.15, -0.1) is 0 Å². The van der Waals surface area contributed by atoms with Crippen molar-refractivity contribution in [2.45, 2.75) is 232 Å². The zero-order chi connectivity index (χ0) is 54.5. The summed E-state index contributed by atoms with van der Waals surface area (Å²) < 4.78 is 65.6. The highest BCUT2D eigenvalue weighted by Gasteiger charge is 2.33. The third-order valence-electron chi connectivity index (χ3n) is 12.9. The zero-order valence-corrected chi connectivity index (χ0v) is 48.2. The fourth-order valence-corrected chi connectivity index (χ4v) is 10.7. The van der Waals surface area contributed by atoms with Crippen molar-refractivity contribution in [1.82, 2.24) is 19.1 Å². The second kappa shape index (κ2) is 45.3. The smallest absolute Gasteiger partial charge is 0.356 e. The van der Waals surface area contributed by atoms with E-state index >= 15 is 0 Å². The lowest BCUT2D eigenvalue weighted by molar-refractivity contribution is -0.0154. The van der Waals surface area contributed by atoms with E-state index in [-0.39, 0.29) is 44.3 Å². The van der Waals surface area contributed by atoms with Crippen molar-refractivity contribution in [1.29, 1.82) is 0 Å². The molecule has 19 nitrogen and oxygen atoms in total. The van der Waals surface area contributed by atoms with Gasteiger partial charge in [0.05, 0.1) is 45.6 Å². The molecular formula is C54H102N6O13P2. The largest absolute Gasteiger partial charge is 0.394 e. The fraction of sp³-hybridized carbons (Fsp3) is 0.852. The van der Waals surface area contributed by atoms with Gasteiger partial charge in [-0.1, -0.05) is 181 Å². The molecule has 2 aromatic heterocycles. The van der Waals surface area contributed by atoms with Gasteiger partial charge < -0.3 is 54.0 Å². The van der Waals surface area contributed by atoms with E-state index in [4.69, 9.17) is 44.0 Å². The molecule has 75 heavy (non-hydrogen) atoms. The molecule has 0 aliphatic carbocycles. The number of nitrogens with two attached hydrogens (primary N) is 2. The number of unbranched alkanes of at least 4 members (excludes halogenated alkanes) is 26. The molecular weight excluding hydrogens is 1000 g/mol. The summed E-state index contributed by atoms with van der Waals surface area (Å²) >= 11 is 0. The molecule has 0 saturated carbocycles. The van der Waals surface area contributed by atoms with Crippen molar-refractivity contribution < 1.29 is 51.6 Å². The molecule has 2 unspecified atom stereocenters. The molecule has 6 N–H and O–H groups in total. The third kappa shape index (κ3) is 37.8. The van der Waals surface area contributed by atoms with Gasteiger partial charge in [0.25, 0.3) is 0 Å². The average Bonchev–Trinajstić information content (AvgIpc) is 3.39. The quantitative estimate of drug-likeness (QED) is 0.0354. The molecule has 1 aliphatic rings. The molecule has 3 rings (SSSR count). The molecule has 0 radical (unpaired) electrons. The van der Waals surface area contributed by atoms with E-state index in [0.717, 1.165) is 19.4 Å². The summed E-state index contributed by atoms with van der Waals surface area (Å²) in [7, 11) is -7.26. The van der Waals surface area contributed by atoms with Gasteiger partial charge in [-0.2, -0.15) is 9.97 Å². The molecule has 21 heteroatoms. The van der Waals surface area contributed by atoms with Gasteiger partial charge in [-0.3, -0.25) is 18.3 Å². The summed E-state index contributed by atoms with van der Waals surface area (Å²) in [5.41, 5.74) is 9.89. The van der Waals surface area contributed by atoms with Gasteiger partial charge >= 0.3 is 26.6 Å². The predicted molar refractivity (Wildman–Crippen MR) is 299 cm³/mol. The Kier molecular flexibility index (Phi) is 41.4. The van der Waals surface area contributed by atoms with Crippen LogP contribution in [0.15, 0.2) is 34.1 Å². The first-order valence-corrected chi connectivity index (χ1v) is 32.4. The van der Waals surface area contributed by atoms with E-state index in [9.17, 15) is 28.7 Å². The lowest BCUT2D eigenvalue weighted by Crippen LogP contribution is -2.35. The Morgan fingerprint density at radius 3 is 1.47 bits per heavy atom. The number of aromatic nitrogens is 4. The number of rotatable bonds is 48. The van der Waals surface area contributed by atoms with Crippen LogP contribution in [0.1, 0.15) is 206 Å². The monoisotopic (exact) mass is 1100 g/mol. The molecule has 1 aliphatic heterocycles. The van der Waals surface area contributed by atoms with Crippen molar-refractivity contribution in [2.75, 3.05) is 77.0 Å². The normalized spacial score (nSPS) is 16.9. The summed E-state index contributed by atoms with van der Waals surface area (Å²) in [6, 6.07) is 2.98. The highest BCUT2D eigenvalue weighted by molar-refractivity contribution is 7.53. The molecule has 0 amide bonds. The number of anilines is 2. The van der Waals surface area contributed by atoms with E-state index in [1.807, 2.05) is 0 Å². The van der Waals surface area contributed by atoms with E-state index in [1.165, 1.54) is 188 Å². The van der Waals surface area contributed by atoms with E-state index in [0.29, 0.717) is 39.3 Å². The lowest BCUT2D eigenvalue weighted by Gasteiger charge is -2.29. The molecule has 4 atom stereocenters. The number of hydrogen-bond donors (Lipinski definition) is 4. The Hall–Kier alpha value is -2.54. The summed E-state index contributed by atoms with van der Waals surface area (Å²) in [4.78, 5) is 40.8. The standard InChI is InChI=1S/C27H52N3O7P.C27H50N3O6P/c1-2-3-4-5-6-7-8-9-10-11-12-13-14-15-19-35-20-16-21-37-38(33,34)24-36-25(23-31)22-30-18-17-26(28)29-27(30)32;1-2-3-4-5-6-7-8-9-10-11-12-13-14-15-19-33-20-16-21-35-37(32)24-34-25(23-36-37)22-30-18-17-26(28)29-27(30)31/h17-18,25,31H,2-16,19-24H2,1H3,(H,33,34)(H2,28,29,32);17-18,25H,2-16,19-24H2,1H3,(H2,28,29,31)/t25-;25-,37?/m00/s1. The second-order valence-electron chi connectivity index (χ2n) is 19.9. The summed E-state index contributed by atoms with van der Waals surface area (Å²) in [5, 5.41) is 9.46. The van der Waals surface area contributed by atoms with Gasteiger partial charge in [-0.25, -0.2) is 9.59 Å². The number of nitrogen functional groups attached to an aromatic ring is 2. The first kappa shape index (κ1) is 68.6. The van der Waals surface area contributed by atoms with Crippen molar-refractivity contribution in [2.24, 2.45) is 0 Å². The Bertz CT molecular complexity index is 1880. The van der Waals surface area contributed by atoms with Gasteiger partial charge in [-0.05, 0) is 37.8 Å². The van der Waals surface area contributed by atoms with Crippen molar-refractivity contribution in [3.63, 3.8) is 0 Å². The molecule has 436 valence electrons. The van der Waals surface area contributed by atoms with Crippen LogP contribution in [-0.4, -0.2) is 107 Å². The minimum Gasteiger partial charge on any atom is -0.394 e. The number of hydrogen-bond acceptors (Lipinski definition) is 16. The predicted octanol–water partition coefficient (Wildman–Crippen LogP) is 11.5. The highest BCUT2D eigenvalue weighted by Crippen LogP contribution is 2.51. The number of nitrogens with zero attached hydrogens (tertiary/aromatic N) is 4. The van der Waals surface area contributed by atoms with Crippen LogP contribution < -0.4 is 22.8 Å². The van der Waals surface area contributed by atoms with Crippen LogP contribution in [0, 0.1) is 0 Å². The molecule has 1 saturated heterocycles. The van der Waals surface area contributed by atoms with Crippen LogP contribution in [0.5, 0.6) is 0 Å². The molecule has 0 spiro atoms. The first-order chi connectivity index (χ1) is 36.4. The van der Waals surface area contributed by atoms with Crippen LogP contribution in [0.3, 0.4) is 0 Å². The van der Waals surface area contributed by atoms with E-state index in [1.54, 1.807) is 12.3 Å². The number of aliphatic hydroxyl groups excluding tert-OH is 1. The second-order valence-corrected chi connectivity index (χ2v) is 23.7. The van der Waals surface area contributed by atoms with Crippen LogP contribution >= 0.6 is 15.2 Å². The molecule has 2 aromatic rings. The van der Waals surface area contributed by atoms with Gasteiger partial charge in [0.15, 0.2) is 0 Å². The Labute approximate surface area is 450 Å². The molecule has 1 fully saturated rings. The maximum atomic E-state index is 12.6. The minimum atomic E-state index is -3.99.